The number of likely N-dealkylation sites (tertiary alicyclic amines) is 1. The number of carbonyl (C=O) groups excluding carboxylic acids is 2. The average molecular weight is 287 g/mol. The van der Waals surface area contributed by atoms with Crippen molar-refractivity contribution in [2.24, 2.45) is 0 Å². The smallest absolute Gasteiger partial charge is 0.411 e. The van der Waals surface area contributed by atoms with Gasteiger partial charge in [-0.05, 0) is 40.0 Å². The van der Waals surface area contributed by atoms with Crippen molar-refractivity contribution in [1.82, 2.24) is 4.90 Å². The predicted molar refractivity (Wildman–Crippen MR) is 73.2 cm³/mol. The largest absolute Gasteiger partial charge is 0.464 e. The molecule has 1 aliphatic heterocycles. The summed E-state index contributed by atoms with van der Waals surface area (Å²) in [6.45, 7) is 7.62. The first kappa shape index (κ1) is 16.8. The van der Waals surface area contributed by atoms with Gasteiger partial charge in [0.15, 0.2) is 0 Å². The molecule has 1 heterocycles. The lowest BCUT2D eigenvalue weighted by Crippen LogP contribution is -2.53. The Morgan fingerprint density at radius 1 is 1.30 bits per heavy atom. The molecule has 6 nitrogen and oxygen atoms in total. The summed E-state index contributed by atoms with van der Waals surface area (Å²) in [5.41, 5.74) is -0.642. The van der Waals surface area contributed by atoms with Gasteiger partial charge < -0.3 is 14.6 Å². The summed E-state index contributed by atoms with van der Waals surface area (Å²) in [6, 6.07) is -0.667. The van der Waals surface area contributed by atoms with Crippen LogP contribution in [0.25, 0.3) is 0 Å². The molecule has 1 N–H and O–H groups in total. The molecule has 0 aromatic carbocycles. The van der Waals surface area contributed by atoms with Gasteiger partial charge in [0.2, 0.25) is 0 Å². The van der Waals surface area contributed by atoms with E-state index in [1.807, 2.05) is 6.92 Å². The molecule has 0 unspecified atom stereocenters. The molecule has 1 saturated heterocycles. The van der Waals surface area contributed by atoms with Gasteiger partial charge in [-0.1, -0.05) is 6.92 Å². The lowest BCUT2D eigenvalue weighted by atomic mass is 10.0. The Balaban J connectivity index is 2.74. The number of ether oxygens (including phenoxy) is 2. The van der Waals surface area contributed by atoms with Crippen LogP contribution in [0.3, 0.4) is 0 Å². The zero-order valence-electron chi connectivity index (χ0n) is 12.7. The summed E-state index contributed by atoms with van der Waals surface area (Å²) in [5, 5.41) is 9.70. The van der Waals surface area contributed by atoms with Gasteiger partial charge in [0.05, 0.1) is 19.3 Å². The second-order valence-electron chi connectivity index (χ2n) is 6.05. The standard InChI is InChI=1S/C14H25NO5/c1-5-8-19-12(17)11-7-6-10(16)9-15(11)13(18)20-14(2,3)4/h10-11,16H,5-9H2,1-4H3/t10-,11-/m0/s1. The third kappa shape index (κ3) is 5.00. The van der Waals surface area contributed by atoms with E-state index in [-0.39, 0.29) is 6.54 Å². The van der Waals surface area contributed by atoms with Crippen LogP contribution in [0.15, 0.2) is 0 Å². The molecule has 1 rings (SSSR count). The molecule has 0 aromatic heterocycles. The number of aliphatic hydroxyl groups is 1. The Bertz CT molecular complexity index is 350. The third-order valence-electron chi connectivity index (χ3n) is 2.91. The maximum atomic E-state index is 12.1. The van der Waals surface area contributed by atoms with E-state index in [2.05, 4.69) is 0 Å². The molecule has 0 saturated carbocycles. The lowest BCUT2D eigenvalue weighted by Gasteiger charge is -2.37. The van der Waals surface area contributed by atoms with Gasteiger partial charge in [-0.3, -0.25) is 4.90 Å². The molecule has 116 valence electrons. The molecule has 0 radical (unpaired) electrons. The second kappa shape index (κ2) is 6.92. The Morgan fingerprint density at radius 2 is 1.95 bits per heavy atom. The van der Waals surface area contributed by atoms with Crippen molar-refractivity contribution in [2.45, 2.75) is 64.7 Å². The van der Waals surface area contributed by atoms with Gasteiger partial charge in [0, 0.05) is 0 Å². The van der Waals surface area contributed by atoms with E-state index in [0.717, 1.165) is 6.42 Å². The highest BCUT2D eigenvalue weighted by Gasteiger charge is 2.38. The minimum absolute atomic E-state index is 0.0980. The fraction of sp³-hybridized carbons (Fsp3) is 0.857. The Hall–Kier alpha value is -1.30. The summed E-state index contributed by atoms with van der Waals surface area (Å²) < 4.78 is 10.4. The first-order valence-corrected chi connectivity index (χ1v) is 7.09. The maximum Gasteiger partial charge on any atom is 0.411 e. The van der Waals surface area contributed by atoms with Crippen LogP contribution in [0.2, 0.25) is 0 Å². The number of piperidine rings is 1. The quantitative estimate of drug-likeness (QED) is 0.800. The summed E-state index contributed by atoms with van der Waals surface area (Å²) in [5.74, 6) is -0.426. The molecule has 1 fully saturated rings. The average Bonchev–Trinajstić information content (AvgIpc) is 2.33. The molecule has 1 aliphatic rings. The van der Waals surface area contributed by atoms with Crippen molar-refractivity contribution in [3.05, 3.63) is 0 Å². The van der Waals surface area contributed by atoms with Crippen LogP contribution in [-0.2, 0) is 14.3 Å². The number of nitrogens with zero attached hydrogens (tertiary/aromatic N) is 1. The molecule has 0 aliphatic carbocycles. The highest BCUT2D eigenvalue weighted by atomic mass is 16.6. The molecule has 20 heavy (non-hydrogen) atoms. The lowest BCUT2D eigenvalue weighted by molar-refractivity contribution is -0.152. The monoisotopic (exact) mass is 287 g/mol. The van der Waals surface area contributed by atoms with Crippen LogP contribution in [-0.4, -0.2) is 53.0 Å². The molecular formula is C14H25NO5. The fourth-order valence-electron chi connectivity index (χ4n) is 2.02. The van der Waals surface area contributed by atoms with Crippen LogP contribution < -0.4 is 0 Å². The highest BCUT2D eigenvalue weighted by Crippen LogP contribution is 2.21. The second-order valence-corrected chi connectivity index (χ2v) is 6.05. The fourth-order valence-corrected chi connectivity index (χ4v) is 2.02. The summed E-state index contributed by atoms with van der Waals surface area (Å²) in [7, 11) is 0. The Morgan fingerprint density at radius 3 is 2.50 bits per heavy atom. The first-order valence-electron chi connectivity index (χ1n) is 7.09. The van der Waals surface area contributed by atoms with Crippen molar-refractivity contribution < 1.29 is 24.2 Å². The zero-order valence-corrected chi connectivity index (χ0v) is 12.7. The van der Waals surface area contributed by atoms with Crippen LogP contribution in [0.1, 0.15) is 47.0 Å². The van der Waals surface area contributed by atoms with E-state index >= 15 is 0 Å². The van der Waals surface area contributed by atoms with Gasteiger partial charge in [0.1, 0.15) is 11.6 Å². The number of rotatable bonds is 3. The molecule has 2 atom stereocenters. The number of aliphatic hydroxyl groups excluding tert-OH is 1. The zero-order chi connectivity index (χ0) is 15.3. The normalized spacial score (nSPS) is 23.4. The molecule has 0 bridgehead atoms. The van der Waals surface area contributed by atoms with Crippen molar-refractivity contribution in [3.63, 3.8) is 0 Å². The van der Waals surface area contributed by atoms with Crippen LogP contribution >= 0.6 is 0 Å². The van der Waals surface area contributed by atoms with E-state index in [1.165, 1.54) is 4.90 Å². The number of amides is 1. The number of esters is 1. The molecule has 0 aromatic rings. The van der Waals surface area contributed by atoms with Crippen LogP contribution in [0, 0.1) is 0 Å². The molecule has 1 amide bonds. The van der Waals surface area contributed by atoms with Crippen molar-refractivity contribution in [2.75, 3.05) is 13.2 Å². The van der Waals surface area contributed by atoms with E-state index < -0.39 is 29.8 Å². The van der Waals surface area contributed by atoms with E-state index in [9.17, 15) is 14.7 Å². The Labute approximate surface area is 120 Å². The number of hydrogen-bond donors (Lipinski definition) is 1. The maximum absolute atomic E-state index is 12.1. The van der Waals surface area contributed by atoms with Gasteiger partial charge in [-0.15, -0.1) is 0 Å². The summed E-state index contributed by atoms with van der Waals surface area (Å²) in [6.07, 6.45) is 0.384. The SMILES string of the molecule is CCCOC(=O)[C@@H]1CC[C@H](O)CN1C(=O)OC(C)(C)C. The summed E-state index contributed by atoms with van der Waals surface area (Å²) in [4.78, 5) is 25.4. The van der Waals surface area contributed by atoms with Crippen LogP contribution in [0.5, 0.6) is 0 Å². The van der Waals surface area contributed by atoms with Crippen LogP contribution in [0.4, 0.5) is 4.79 Å². The highest BCUT2D eigenvalue weighted by molar-refractivity contribution is 5.81. The van der Waals surface area contributed by atoms with Gasteiger partial charge in [-0.25, -0.2) is 9.59 Å². The summed E-state index contributed by atoms with van der Waals surface area (Å²) >= 11 is 0. The Kier molecular flexibility index (Phi) is 5.80. The van der Waals surface area contributed by atoms with E-state index in [1.54, 1.807) is 20.8 Å². The molecule has 6 heteroatoms. The van der Waals surface area contributed by atoms with Crippen molar-refractivity contribution >= 4 is 12.1 Å². The molecule has 0 spiro atoms. The topological polar surface area (TPSA) is 76.1 Å². The van der Waals surface area contributed by atoms with E-state index in [0.29, 0.717) is 19.4 Å². The predicted octanol–water partition coefficient (Wildman–Crippen LogP) is 1.70. The van der Waals surface area contributed by atoms with Crippen molar-refractivity contribution in [3.8, 4) is 0 Å². The third-order valence-corrected chi connectivity index (χ3v) is 2.91. The minimum Gasteiger partial charge on any atom is -0.464 e. The number of β-amino-alcohol motifs (C(OH)–C–C–N with tert-alkyl or cyclic N) is 1. The van der Waals surface area contributed by atoms with Crippen molar-refractivity contribution in [1.29, 1.82) is 0 Å². The number of hydrogen-bond acceptors (Lipinski definition) is 5. The molecular weight excluding hydrogens is 262 g/mol. The minimum atomic E-state index is -0.667. The first-order chi connectivity index (χ1) is 9.24. The van der Waals surface area contributed by atoms with Gasteiger partial charge >= 0.3 is 12.1 Å². The van der Waals surface area contributed by atoms with Gasteiger partial charge in [-0.2, -0.15) is 0 Å². The number of carbonyl (C=O) groups is 2. The van der Waals surface area contributed by atoms with E-state index in [4.69, 9.17) is 9.47 Å². The van der Waals surface area contributed by atoms with Gasteiger partial charge in [0.25, 0.3) is 0 Å².